The van der Waals surface area contributed by atoms with Gasteiger partial charge >= 0.3 is 0 Å². The van der Waals surface area contributed by atoms with Crippen LogP contribution in [0.1, 0.15) is 64.0 Å². The van der Waals surface area contributed by atoms with Gasteiger partial charge in [0.25, 0.3) is 0 Å². The lowest BCUT2D eigenvalue weighted by Gasteiger charge is -2.34. The molecule has 1 aromatic rings. The van der Waals surface area contributed by atoms with Gasteiger partial charge in [-0.1, -0.05) is 33.1 Å². The van der Waals surface area contributed by atoms with Gasteiger partial charge in [-0.2, -0.15) is 0 Å². The van der Waals surface area contributed by atoms with Gasteiger partial charge in [0.15, 0.2) is 0 Å². The molecular weight excluding hydrogens is 251 g/mol. The molecule has 0 amide bonds. The van der Waals surface area contributed by atoms with Crippen LogP contribution in [-0.2, 0) is 0 Å². The molecule has 0 radical (unpaired) electrons. The summed E-state index contributed by atoms with van der Waals surface area (Å²) in [6, 6.07) is 1.91. The van der Waals surface area contributed by atoms with Crippen molar-refractivity contribution in [2.45, 2.75) is 58.4 Å². The average molecular weight is 278 g/mol. The van der Waals surface area contributed by atoms with Gasteiger partial charge in [0.2, 0.25) is 0 Å². The Hall–Kier alpha value is -0.960. The maximum Gasteiger partial charge on any atom is 0.141 e. The topological polar surface area (TPSA) is 24.9 Å². The molecular formula is C17H27FN2. The smallest absolute Gasteiger partial charge is 0.141 e. The Labute approximate surface area is 122 Å². The third-order valence-electron chi connectivity index (χ3n) is 4.64. The summed E-state index contributed by atoms with van der Waals surface area (Å²) in [5.41, 5.74) is 1.01. The number of pyridine rings is 1. The van der Waals surface area contributed by atoms with Crippen molar-refractivity contribution in [3.05, 3.63) is 29.8 Å². The minimum Gasteiger partial charge on any atom is -0.310 e. The van der Waals surface area contributed by atoms with Crippen LogP contribution in [0.15, 0.2) is 18.5 Å². The summed E-state index contributed by atoms with van der Waals surface area (Å²) >= 11 is 0. The SMILES string of the molecule is CCCNC(c1cncc(F)c1)C1CCC(CC)CC1. The lowest BCUT2D eigenvalue weighted by molar-refractivity contribution is 0.218. The van der Waals surface area contributed by atoms with E-state index in [4.69, 9.17) is 0 Å². The van der Waals surface area contributed by atoms with Crippen LogP contribution in [0, 0.1) is 17.7 Å². The third kappa shape index (κ3) is 4.02. The van der Waals surface area contributed by atoms with E-state index in [1.54, 1.807) is 6.07 Å². The van der Waals surface area contributed by atoms with Gasteiger partial charge in [-0.05, 0) is 49.3 Å². The van der Waals surface area contributed by atoms with E-state index in [9.17, 15) is 4.39 Å². The second-order valence-corrected chi connectivity index (χ2v) is 6.06. The number of hydrogen-bond acceptors (Lipinski definition) is 2. The highest BCUT2D eigenvalue weighted by atomic mass is 19.1. The Kier molecular flexibility index (Phi) is 5.96. The fraction of sp³-hybridized carbons (Fsp3) is 0.706. The zero-order valence-corrected chi connectivity index (χ0v) is 12.7. The van der Waals surface area contributed by atoms with Crippen LogP contribution >= 0.6 is 0 Å². The van der Waals surface area contributed by atoms with Crippen LogP contribution in [0.5, 0.6) is 0 Å². The van der Waals surface area contributed by atoms with Crippen molar-refractivity contribution in [1.82, 2.24) is 10.3 Å². The molecule has 1 saturated carbocycles. The predicted octanol–water partition coefficient (Wildman–Crippen LogP) is 4.48. The monoisotopic (exact) mass is 278 g/mol. The molecule has 0 saturated heterocycles. The maximum atomic E-state index is 13.4. The summed E-state index contributed by atoms with van der Waals surface area (Å²) in [7, 11) is 0. The van der Waals surface area contributed by atoms with E-state index in [2.05, 4.69) is 24.1 Å². The van der Waals surface area contributed by atoms with Gasteiger partial charge in [-0.25, -0.2) is 4.39 Å². The highest BCUT2D eigenvalue weighted by Crippen LogP contribution is 2.37. The molecule has 1 unspecified atom stereocenters. The van der Waals surface area contributed by atoms with Crippen molar-refractivity contribution in [3.8, 4) is 0 Å². The Balaban J connectivity index is 2.07. The molecule has 0 aromatic carbocycles. The second-order valence-electron chi connectivity index (χ2n) is 6.06. The number of halogens is 1. The van der Waals surface area contributed by atoms with Crippen LogP contribution in [0.3, 0.4) is 0 Å². The van der Waals surface area contributed by atoms with Crippen molar-refractivity contribution >= 4 is 0 Å². The molecule has 2 nitrogen and oxygen atoms in total. The first kappa shape index (κ1) is 15.4. The van der Waals surface area contributed by atoms with Crippen LogP contribution < -0.4 is 5.32 Å². The number of hydrogen-bond donors (Lipinski definition) is 1. The molecule has 20 heavy (non-hydrogen) atoms. The van der Waals surface area contributed by atoms with Crippen LogP contribution in [0.4, 0.5) is 4.39 Å². The number of rotatable bonds is 6. The zero-order valence-electron chi connectivity index (χ0n) is 12.7. The molecule has 1 atom stereocenters. The van der Waals surface area contributed by atoms with E-state index in [0.29, 0.717) is 5.92 Å². The highest BCUT2D eigenvalue weighted by Gasteiger charge is 2.28. The maximum absolute atomic E-state index is 13.4. The van der Waals surface area contributed by atoms with Crippen molar-refractivity contribution < 1.29 is 4.39 Å². The van der Waals surface area contributed by atoms with Crippen LogP contribution in [-0.4, -0.2) is 11.5 Å². The Morgan fingerprint density at radius 3 is 2.60 bits per heavy atom. The normalized spacial score (nSPS) is 24.6. The number of nitrogens with zero attached hydrogens (tertiary/aromatic N) is 1. The summed E-state index contributed by atoms with van der Waals surface area (Å²) in [5.74, 6) is 1.28. The first-order valence-corrected chi connectivity index (χ1v) is 8.08. The highest BCUT2D eigenvalue weighted by molar-refractivity contribution is 5.16. The quantitative estimate of drug-likeness (QED) is 0.830. The van der Waals surface area contributed by atoms with Crippen molar-refractivity contribution in [3.63, 3.8) is 0 Å². The summed E-state index contributed by atoms with van der Waals surface area (Å²) in [6.07, 6.45) is 10.6. The number of nitrogens with one attached hydrogen (secondary N) is 1. The molecule has 0 aliphatic heterocycles. The van der Waals surface area contributed by atoms with Gasteiger partial charge in [0.1, 0.15) is 5.82 Å². The fourth-order valence-electron chi connectivity index (χ4n) is 3.38. The molecule has 1 aliphatic carbocycles. The Morgan fingerprint density at radius 2 is 2.00 bits per heavy atom. The Morgan fingerprint density at radius 1 is 1.25 bits per heavy atom. The van der Waals surface area contributed by atoms with E-state index in [-0.39, 0.29) is 11.9 Å². The summed E-state index contributed by atoms with van der Waals surface area (Å²) in [5, 5.41) is 3.61. The molecule has 1 N–H and O–H groups in total. The largest absolute Gasteiger partial charge is 0.310 e. The molecule has 1 fully saturated rings. The van der Waals surface area contributed by atoms with E-state index < -0.39 is 0 Å². The van der Waals surface area contributed by atoms with Gasteiger partial charge in [0.05, 0.1) is 6.20 Å². The van der Waals surface area contributed by atoms with Crippen LogP contribution in [0.2, 0.25) is 0 Å². The standard InChI is InChI=1S/C17H27FN2/c1-3-9-20-17(15-10-16(18)12-19-11-15)14-7-5-13(4-2)6-8-14/h10-14,17,20H,3-9H2,1-2H3. The minimum absolute atomic E-state index is 0.229. The summed E-state index contributed by atoms with van der Waals surface area (Å²) < 4.78 is 13.4. The van der Waals surface area contributed by atoms with Gasteiger partial charge in [-0.3, -0.25) is 4.98 Å². The molecule has 1 heterocycles. The zero-order chi connectivity index (χ0) is 14.4. The molecule has 112 valence electrons. The summed E-state index contributed by atoms with van der Waals surface area (Å²) in [4.78, 5) is 4.02. The lowest BCUT2D eigenvalue weighted by Crippen LogP contribution is -2.31. The Bertz CT molecular complexity index is 400. The first-order valence-electron chi connectivity index (χ1n) is 8.08. The minimum atomic E-state index is -0.229. The van der Waals surface area contributed by atoms with Gasteiger partial charge in [0, 0.05) is 12.2 Å². The summed E-state index contributed by atoms with van der Waals surface area (Å²) in [6.45, 7) is 5.44. The van der Waals surface area contributed by atoms with Gasteiger partial charge < -0.3 is 5.32 Å². The second kappa shape index (κ2) is 7.72. The van der Waals surface area contributed by atoms with E-state index in [1.807, 2.05) is 6.20 Å². The average Bonchev–Trinajstić information content (AvgIpc) is 2.48. The van der Waals surface area contributed by atoms with Crippen molar-refractivity contribution in [1.29, 1.82) is 0 Å². The van der Waals surface area contributed by atoms with E-state index >= 15 is 0 Å². The van der Waals surface area contributed by atoms with Crippen molar-refractivity contribution in [2.75, 3.05) is 6.54 Å². The fourth-order valence-corrected chi connectivity index (χ4v) is 3.38. The molecule has 2 rings (SSSR count). The van der Waals surface area contributed by atoms with Crippen molar-refractivity contribution in [2.24, 2.45) is 11.8 Å². The third-order valence-corrected chi connectivity index (χ3v) is 4.64. The number of aromatic nitrogens is 1. The van der Waals surface area contributed by atoms with E-state index in [1.165, 1.54) is 38.3 Å². The predicted molar refractivity (Wildman–Crippen MR) is 81.0 cm³/mol. The lowest BCUT2D eigenvalue weighted by atomic mass is 9.76. The molecule has 0 spiro atoms. The molecule has 0 bridgehead atoms. The van der Waals surface area contributed by atoms with E-state index in [0.717, 1.165) is 24.4 Å². The van der Waals surface area contributed by atoms with Crippen LogP contribution in [0.25, 0.3) is 0 Å². The molecule has 3 heteroatoms. The molecule has 1 aromatic heterocycles. The first-order chi connectivity index (χ1) is 9.74. The van der Waals surface area contributed by atoms with Gasteiger partial charge in [-0.15, -0.1) is 0 Å². The molecule has 1 aliphatic rings.